The number of aryl methyl sites for hydroxylation is 1. The van der Waals surface area contributed by atoms with Crippen LogP contribution < -0.4 is 0 Å². The van der Waals surface area contributed by atoms with Crippen molar-refractivity contribution in [2.75, 3.05) is 0 Å². The highest BCUT2D eigenvalue weighted by Crippen LogP contribution is 2.47. The summed E-state index contributed by atoms with van der Waals surface area (Å²) >= 11 is 0. The zero-order chi connectivity index (χ0) is 49.8. The van der Waals surface area contributed by atoms with Gasteiger partial charge in [0.25, 0.3) is 0 Å². The molecule has 2 heterocycles. The van der Waals surface area contributed by atoms with Crippen molar-refractivity contribution >= 4 is 43.6 Å². The van der Waals surface area contributed by atoms with E-state index in [-0.39, 0.29) is 0 Å². The van der Waals surface area contributed by atoms with Gasteiger partial charge in [0.2, 0.25) is 0 Å². The molecule has 0 radical (unpaired) electrons. The van der Waals surface area contributed by atoms with E-state index in [2.05, 4.69) is 301 Å². The number of fused-ring (bicyclic) bond motifs is 7. The Morgan fingerprint density at radius 3 is 1.04 bits per heavy atom. The predicted molar refractivity (Wildman–Crippen MR) is 318 cm³/mol. The fourth-order valence-corrected chi connectivity index (χ4v) is 11.7. The average Bonchev–Trinajstić information content (AvgIpc) is 3.99. The molecule has 352 valence electrons. The molecule has 0 aliphatic heterocycles. The highest BCUT2D eigenvalue weighted by molar-refractivity contribution is 6.30. The van der Waals surface area contributed by atoms with Gasteiger partial charge in [-0.05, 0) is 139 Å². The van der Waals surface area contributed by atoms with Crippen molar-refractivity contribution in [2.24, 2.45) is 7.05 Å². The van der Waals surface area contributed by atoms with Crippen LogP contribution in [0.4, 0.5) is 0 Å². The Kier molecular flexibility index (Phi) is 10.8. The molecule has 0 aliphatic rings. The molecule has 0 saturated heterocycles. The summed E-state index contributed by atoms with van der Waals surface area (Å²) in [7, 11) is 2.27. The van der Waals surface area contributed by atoms with Crippen molar-refractivity contribution in [3.63, 3.8) is 0 Å². The minimum atomic E-state index is 1.14. The molecule has 14 rings (SSSR count). The Balaban J connectivity index is 0.953. The molecule has 14 aromatic rings. The molecule has 0 atom stereocenters. The van der Waals surface area contributed by atoms with Gasteiger partial charge in [-0.2, -0.15) is 0 Å². The third kappa shape index (κ3) is 7.75. The van der Waals surface area contributed by atoms with Gasteiger partial charge >= 0.3 is 0 Å². The van der Waals surface area contributed by atoms with E-state index in [0.717, 1.165) is 5.69 Å². The molecule has 75 heavy (non-hydrogen) atoms. The van der Waals surface area contributed by atoms with Crippen LogP contribution in [-0.4, -0.2) is 9.13 Å². The Bertz CT molecular complexity index is 4280. The molecule has 0 amide bonds. The van der Waals surface area contributed by atoms with E-state index in [1.807, 2.05) is 0 Å². The van der Waals surface area contributed by atoms with Gasteiger partial charge in [0, 0.05) is 45.4 Å². The SMILES string of the molecule is Cn1c2c(-c3ccc(-c4cc(-c5ccccc5)cc(-c5ccccc5)c4)cc3)cccc2c2c1c(-c1ccc(-c3cc(-c4ccccc4)cc(-c4ccccc4)c3)cc1)cc1c3ccccc3n(-c3ccccc3)c12. The van der Waals surface area contributed by atoms with Crippen LogP contribution in [0.5, 0.6) is 0 Å². The number of aromatic nitrogens is 2. The monoisotopic (exact) mass is 954 g/mol. The highest BCUT2D eigenvalue weighted by atomic mass is 15.0. The van der Waals surface area contributed by atoms with Gasteiger partial charge in [-0.3, -0.25) is 0 Å². The standard InChI is InChI=1S/C73H50N2/c1-74-71-64(55-38-34-53(35-39-55)61-44-57(49-20-7-2-8-21-49)42-58(45-61)50-22-9-3-10-23-50)31-19-32-66(71)70-72(74)67(48-68-65-30-17-18-33-69(65)75(73(68)70)63-28-15-6-16-29-63)56-40-36-54(37-41-56)62-46-59(51-24-11-4-12-25-51)43-60(47-62)52-26-13-5-14-27-52/h2-48H,1H3. The topological polar surface area (TPSA) is 9.86 Å². The van der Waals surface area contributed by atoms with Crippen LogP contribution in [0.2, 0.25) is 0 Å². The molecule has 0 aliphatic carbocycles. The van der Waals surface area contributed by atoms with Gasteiger partial charge in [-0.1, -0.05) is 224 Å². The predicted octanol–water partition coefficient (Wildman–Crippen LogP) is 19.8. The molecule has 2 aromatic heterocycles. The molecule has 0 unspecified atom stereocenters. The van der Waals surface area contributed by atoms with Gasteiger partial charge < -0.3 is 9.13 Å². The molecule has 0 saturated carbocycles. The quantitative estimate of drug-likeness (QED) is 0.136. The van der Waals surface area contributed by atoms with E-state index in [1.165, 1.54) is 133 Å². The lowest BCUT2D eigenvalue weighted by molar-refractivity contribution is 1.02. The maximum atomic E-state index is 2.48. The second-order valence-corrected chi connectivity index (χ2v) is 19.7. The Labute approximate surface area is 437 Å². The zero-order valence-electron chi connectivity index (χ0n) is 41.5. The van der Waals surface area contributed by atoms with Gasteiger partial charge in [-0.15, -0.1) is 0 Å². The Morgan fingerprint density at radius 1 is 0.227 bits per heavy atom. The first-order valence-electron chi connectivity index (χ1n) is 25.9. The van der Waals surface area contributed by atoms with E-state index in [9.17, 15) is 0 Å². The molecule has 2 heteroatoms. The second-order valence-electron chi connectivity index (χ2n) is 19.7. The molecular weight excluding hydrogens is 905 g/mol. The first-order chi connectivity index (χ1) is 37.1. The van der Waals surface area contributed by atoms with Crippen molar-refractivity contribution in [2.45, 2.75) is 0 Å². The molecule has 0 spiro atoms. The fraction of sp³-hybridized carbons (Fsp3) is 0.0137. The Morgan fingerprint density at radius 2 is 0.587 bits per heavy atom. The number of para-hydroxylation sites is 3. The van der Waals surface area contributed by atoms with Crippen LogP contribution in [0, 0.1) is 0 Å². The molecule has 2 nitrogen and oxygen atoms in total. The fourth-order valence-electron chi connectivity index (χ4n) is 11.7. The first-order valence-corrected chi connectivity index (χ1v) is 25.9. The van der Waals surface area contributed by atoms with Gasteiger partial charge in [-0.25, -0.2) is 0 Å². The average molecular weight is 955 g/mol. The largest absolute Gasteiger partial charge is 0.343 e. The van der Waals surface area contributed by atoms with Gasteiger partial charge in [0.15, 0.2) is 0 Å². The lowest BCUT2D eigenvalue weighted by atomic mass is 9.92. The third-order valence-electron chi connectivity index (χ3n) is 15.3. The maximum absolute atomic E-state index is 2.48. The van der Waals surface area contributed by atoms with Crippen LogP contribution in [0.3, 0.4) is 0 Å². The van der Waals surface area contributed by atoms with Crippen molar-refractivity contribution in [3.05, 3.63) is 285 Å². The van der Waals surface area contributed by atoms with Crippen LogP contribution in [0.25, 0.3) is 138 Å². The van der Waals surface area contributed by atoms with Crippen molar-refractivity contribution in [1.82, 2.24) is 9.13 Å². The summed E-state index contributed by atoms with van der Waals surface area (Å²) in [6.45, 7) is 0. The number of hydrogen-bond acceptors (Lipinski definition) is 0. The number of nitrogens with zero attached hydrogens (tertiary/aromatic N) is 2. The molecule has 0 N–H and O–H groups in total. The van der Waals surface area contributed by atoms with Crippen molar-refractivity contribution in [1.29, 1.82) is 0 Å². The van der Waals surface area contributed by atoms with E-state index in [0.29, 0.717) is 0 Å². The van der Waals surface area contributed by atoms with Crippen LogP contribution in [0.15, 0.2) is 285 Å². The number of rotatable bonds is 9. The lowest BCUT2D eigenvalue weighted by Crippen LogP contribution is -1.95. The Hall–Kier alpha value is -9.76. The minimum absolute atomic E-state index is 1.14. The number of benzene rings is 12. The summed E-state index contributed by atoms with van der Waals surface area (Å²) in [5, 5.41) is 4.94. The van der Waals surface area contributed by atoms with Gasteiger partial charge in [0.05, 0.1) is 22.1 Å². The van der Waals surface area contributed by atoms with Crippen molar-refractivity contribution < 1.29 is 0 Å². The zero-order valence-corrected chi connectivity index (χ0v) is 41.5. The molecule has 0 fully saturated rings. The minimum Gasteiger partial charge on any atom is -0.343 e. The molecular formula is C73H50N2. The van der Waals surface area contributed by atoms with E-state index >= 15 is 0 Å². The normalized spacial score (nSPS) is 11.5. The van der Waals surface area contributed by atoms with Crippen LogP contribution in [-0.2, 0) is 7.05 Å². The lowest BCUT2D eigenvalue weighted by Gasteiger charge is -2.14. The third-order valence-corrected chi connectivity index (χ3v) is 15.3. The first kappa shape index (κ1) is 44.0. The van der Waals surface area contributed by atoms with E-state index in [1.54, 1.807) is 0 Å². The second kappa shape index (κ2) is 18.4. The maximum Gasteiger partial charge on any atom is 0.0641 e. The van der Waals surface area contributed by atoms with Crippen molar-refractivity contribution in [3.8, 4) is 94.7 Å². The summed E-state index contributed by atoms with van der Waals surface area (Å²) in [6, 6.07) is 104. The summed E-state index contributed by atoms with van der Waals surface area (Å²) < 4.78 is 4.95. The summed E-state index contributed by atoms with van der Waals surface area (Å²) in [5.74, 6) is 0. The van der Waals surface area contributed by atoms with Gasteiger partial charge in [0.1, 0.15) is 0 Å². The summed E-state index contributed by atoms with van der Waals surface area (Å²) in [5.41, 5.74) is 25.1. The highest BCUT2D eigenvalue weighted by Gasteiger charge is 2.24. The number of hydrogen-bond donors (Lipinski definition) is 0. The van der Waals surface area contributed by atoms with Crippen LogP contribution in [0.1, 0.15) is 0 Å². The van der Waals surface area contributed by atoms with E-state index < -0.39 is 0 Å². The van der Waals surface area contributed by atoms with E-state index in [4.69, 9.17) is 0 Å². The molecule has 12 aromatic carbocycles. The summed E-state index contributed by atoms with van der Waals surface area (Å²) in [4.78, 5) is 0. The smallest absolute Gasteiger partial charge is 0.0641 e. The molecule has 0 bridgehead atoms. The van der Waals surface area contributed by atoms with Crippen LogP contribution >= 0.6 is 0 Å². The summed E-state index contributed by atoms with van der Waals surface area (Å²) in [6.07, 6.45) is 0.